The molecule has 3 aromatic rings. The van der Waals surface area contributed by atoms with Gasteiger partial charge in [0.15, 0.2) is 11.8 Å². The minimum absolute atomic E-state index is 0.178. The van der Waals surface area contributed by atoms with Crippen LogP contribution in [-0.4, -0.2) is 57.7 Å². The van der Waals surface area contributed by atoms with Crippen LogP contribution in [0.25, 0.3) is 11.2 Å². The number of benzene rings is 1. The number of nitrogens with zero attached hydrogens (tertiary/aromatic N) is 2. The Hall–Kier alpha value is -2.39. The van der Waals surface area contributed by atoms with Crippen molar-refractivity contribution in [1.29, 1.82) is 0 Å². The maximum absolute atomic E-state index is 9.88. The van der Waals surface area contributed by atoms with Crippen LogP contribution in [0.15, 0.2) is 30.3 Å². The Kier molecular flexibility index (Phi) is 4.35. The highest BCUT2D eigenvalue weighted by molar-refractivity contribution is 6.33. The van der Waals surface area contributed by atoms with E-state index in [0.29, 0.717) is 34.6 Å². The Balaban J connectivity index is 1.23. The van der Waals surface area contributed by atoms with Crippen LogP contribution in [-0.2, 0) is 15.9 Å². The van der Waals surface area contributed by atoms with Gasteiger partial charge in [0.2, 0.25) is 0 Å². The van der Waals surface area contributed by atoms with E-state index in [9.17, 15) is 5.11 Å². The molecule has 0 unspecified atom stereocenters. The van der Waals surface area contributed by atoms with Gasteiger partial charge in [0.1, 0.15) is 24.1 Å². The third-order valence-electron chi connectivity index (χ3n) is 6.09. The Bertz CT molecular complexity index is 1110. The maximum atomic E-state index is 9.88. The number of aromatic amines is 1. The van der Waals surface area contributed by atoms with Crippen LogP contribution in [0.1, 0.15) is 23.6 Å². The number of nitrogens with one attached hydrogen (secondary N) is 2. The number of fused-ring (bicyclic) bond motifs is 3. The maximum Gasteiger partial charge on any atom is 0.296 e. The van der Waals surface area contributed by atoms with Gasteiger partial charge < -0.3 is 29.6 Å². The summed E-state index contributed by atoms with van der Waals surface area (Å²) in [6.07, 6.45) is 0.433. The number of ether oxygens (including phenoxy) is 3. The highest BCUT2D eigenvalue weighted by Crippen LogP contribution is 2.36. The summed E-state index contributed by atoms with van der Waals surface area (Å²) < 4.78 is 17.2. The van der Waals surface area contributed by atoms with Crippen molar-refractivity contribution in [2.45, 2.75) is 43.3 Å². The van der Waals surface area contributed by atoms with Gasteiger partial charge in [0.05, 0.1) is 29.8 Å². The molecule has 6 rings (SSSR count). The Labute approximate surface area is 177 Å². The number of aromatic nitrogens is 3. The summed E-state index contributed by atoms with van der Waals surface area (Å²) in [4.78, 5) is 12.2. The molecular formula is C21H21ClN4O4. The standard InChI is InChI=1S/C21H21ClN4O4/c22-12-7-14-20(25-19(12)23-13-6-5-10-3-1-2-4-11(10)13)26-21(24-14)30-16-9-29-17-15(27)8-28-18(16)17/h1-4,7,13,15-18,27H,5-6,8-9H2,(H2,23,24,25,26)/t13-,15-,16-,17-,18-/m1/s1. The third-order valence-corrected chi connectivity index (χ3v) is 6.38. The number of halogens is 1. The number of aliphatic hydroxyl groups excluding tert-OH is 1. The molecule has 2 saturated heterocycles. The minimum atomic E-state index is -0.617. The molecule has 3 N–H and O–H groups in total. The first-order valence-corrected chi connectivity index (χ1v) is 10.5. The van der Waals surface area contributed by atoms with Gasteiger partial charge in [-0.25, -0.2) is 4.98 Å². The molecule has 0 radical (unpaired) electrons. The van der Waals surface area contributed by atoms with Crippen molar-refractivity contribution < 1.29 is 19.3 Å². The van der Waals surface area contributed by atoms with E-state index in [0.717, 1.165) is 12.8 Å². The SMILES string of the molecule is O[C@@H]1CO[C@H]2[C@@H]1OC[C@H]2Oc1nc2nc(N[C@@H]3CCc4ccccc43)c(Cl)cc2[nH]1. The van der Waals surface area contributed by atoms with E-state index in [1.54, 1.807) is 6.07 Å². The van der Waals surface area contributed by atoms with Crippen molar-refractivity contribution >= 4 is 28.6 Å². The summed E-state index contributed by atoms with van der Waals surface area (Å²) >= 11 is 6.50. The van der Waals surface area contributed by atoms with E-state index < -0.39 is 6.10 Å². The molecule has 3 aliphatic rings. The molecule has 0 amide bonds. The van der Waals surface area contributed by atoms with Gasteiger partial charge in [-0.3, -0.25) is 0 Å². The van der Waals surface area contributed by atoms with Crippen molar-refractivity contribution in [3.63, 3.8) is 0 Å². The number of hydrogen-bond donors (Lipinski definition) is 3. The fraction of sp³-hybridized carbons (Fsp3) is 0.429. The van der Waals surface area contributed by atoms with E-state index in [-0.39, 0.29) is 31.0 Å². The fourth-order valence-electron chi connectivity index (χ4n) is 4.61. The molecule has 156 valence electrons. The van der Waals surface area contributed by atoms with Gasteiger partial charge in [0.25, 0.3) is 6.01 Å². The smallest absolute Gasteiger partial charge is 0.296 e. The molecule has 5 atom stereocenters. The van der Waals surface area contributed by atoms with E-state index in [1.807, 2.05) is 0 Å². The largest absolute Gasteiger partial charge is 0.456 e. The van der Waals surface area contributed by atoms with Gasteiger partial charge in [-0.1, -0.05) is 35.9 Å². The zero-order valence-electron chi connectivity index (χ0n) is 16.0. The van der Waals surface area contributed by atoms with Gasteiger partial charge in [0, 0.05) is 0 Å². The summed E-state index contributed by atoms with van der Waals surface area (Å²) in [6, 6.07) is 10.7. The number of imidazole rings is 1. The van der Waals surface area contributed by atoms with Gasteiger partial charge in [-0.05, 0) is 30.0 Å². The second kappa shape index (κ2) is 7.09. The average Bonchev–Trinajstić information content (AvgIpc) is 3.49. The summed E-state index contributed by atoms with van der Waals surface area (Å²) in [7, 11) is 0. The molecule has 8 nitrogen and oxygen atoms in total. The molecule has 1 aromatic carbocycles. The van der Waals surface area contributed by atoms with E-state index in [1.165, 1.54) is 11.1 Å². The second-order valence-electron chi connectivity index (χ2n) is 7.99. The number of H-pyrrole nitrogens is 1. The lowest BCUT2D eigenvalue weighted by Gasteiger charge is -2.15. The molecule has 2 aromatic heterocycles. The molecule has 2 fully saturated rings. The van der Waals surface area contributed by atoms with Crippen molar-refractivity contribution in [2.75, 3.05) is 18.5 Å². The quantitative estimate of drug-likeness (QED) is 0.587. The molecular weight excluding hydrogens is 408 g/mol. The van der Waals surface area contributed by atoms with Crippen LogP contribution < -0.4 is 10.1 Å². The number of anilines is 1. The van der Waals surface area contributed by atoms with Gasteiger partial charge >= 0.3 is 0 Å². The monoisotopic (exact) mass is 428 g/mol. The number of rotatable bonds is 4. The summed E-state index contributed by atoms with van der Waals surface area (Å²) in [5, 5.41) is 13.9. The fourth-order valence-corrected chi connectivity index (χ4v) is 4.82. The van der Waals surface area contributed by atoms with Gasteiger partial charge in [-0.15, -0.1) is 0 Å². The summed E-state index contributed by atoms with van der Waals surface area (Å²) in [6.45, 7) is 0.595. The molecule has 2 aliphatic heterocycles. The van der Waals surface area contributed by atoms with Crippen molar-refractivity contribution in [3.05, 3.63) is 46.5 Å². The van der Waals surface area contributed by atoms with Crippen LogP contribution in [0.4, 0.5) is 5.82 Å². The second-order valence-corrected chi connectivity index (χ2v) is 8.39. The predicted octanol–water partition coefficient (Wildman–Crippen LogP) is 2.62. The molecule has 0 bridgehead atoms. The van der Waals surface area contributed by atoms with E-state index in [2.05, 4.69) is 44.5 Å². The molecule has 0 saturated carbocycles. The van der Waals surface area contributed by atoms with Crippen LogP contribution in [0.5, 0.6) is 6.01 Å². The average molecular weight is 429 g/mol. The number of pyridine rings is 1. The lowest BCUT2D eigenvalue weighted by atomic mass is 10.1. The number of aliphatic hydroxyl groups is 1. The first-order chi connectivity index (χ1) is 14.7. The number of aryl methyl sites for hydroxylation is 1. The minimum Gasteiger partial charge on any atom is -0.456 e. The van der Waals surface area contributed by atoms with Crippen LogP contribution in [0.3, 0.4) is 0 Å². The van der Waals surface area contributed by atoms with E-state index in [4.69, 9.17) is 25.8 Å². The highest BCUT2D eigenvalue weighted by atomic mass is 35.5. The first-order valence-electron chi connectivity index (χ1n) is 10.1. The first kappa shape index (κ1) is 18.4. The zero-order chi connectivity index (χ0) is 20.2. The van der Waals surface area contributed by atoms with Crippen LogP contribution in [0, 0.1) is 0 Å². The topological polar surface area (TPSA) is 102 Å². The predicted molar refractivity (Wildman–Crippen MR) is 110 cm³/mol. The number of hydrogen-bond acceptors (Lipinski definition) is 7. The van der Waals surface area contributed by atoms with Crippen LogP contribution in [0.2, 0.25) is 5.02 Å². The third kappa shape index (κ3) is 3.02. The van der Waals surface area contributed by atoms with Crippen LogP contribution >= 0.6 is 11.6 Å². The normalized spacial score (nSPS) is 29.9. The lowest BCUT2D eigenvalue weighted by molar-refractivity contribution is 0.00706. The van der Waals surface area contributed by atoms with Crippen molar-refractivity contribution in [2.24, 2.45) is 0 Å². The Morgan fingerprint density at radius 1 is 1.17 bits per heavy atom. The molecule has 30 heavy (non-hydrogen) atoms. The molecule has 9 heteroatoms. The highest BCUT2D eigenvalue weighted by Gasteiger charge is 2.48. The lowest BCUT2D eigenvalue weighted by Crippen LogP contribution is -2.34. The Morgan fingerprint density at radius 2 is 2.03 bits per heavy atom. The Morgan fingerprint density at radius 3 is 2.97 bits per heavy atom. The van der Waals surface area contributed by atoms with Gasteiger partial charge in [-0.2, -0.15) is 4.98 Å². The molecule has 1 aliphatic carbocycles. The van der Waals surface area contributed by atoms with E-state index >= 15 is 0 Å². The van der Waals surface area contributed by atoms with Crippen molar-refractivity contribution in [1.82, 2.24) is 15.0 Å². The summed E-state index contributed by atoms with van der Waals surface area (Å²) in [5.74, 6) is 0.607. The molecule has 0 spiro atoms. The summed E-state index contributed by atoms with van der Waals surface area (Å²) in [5.41, 5.74) is 3.86. The molecule has 4 heterocycles. The zero-order valence-corrected chi connectivity index (χ0v) is 16.8. The van der Waals surface area contributed by atoms with Crippen molar-refractivity contribution in [3.8, 4) is 6.01 Å².